The van der Waals surface area contributed by atoms with Crippen LogP contribution in [0.25, 0.3) is 0 Å². The number of ether oxygens (including phenoxy) is 2. The van der Waals surface area contributed by atoms with Gasteiger partial charge in [0.25, 0.3) is 5.91 Å². The molecule has 2 heterocycles. The van der Waals surface area contributed by atoms with E-state index in [4.69, 9.17) is 9.47 Å². The molecule has 0 N–H and O–H groups in total. The third kappa shape index (κ3) is 5.20. The molecule has 0 saturated carbocycles. The molecule has 0 radical (unpaired) electrons. The van der Waals surface area contributed by atoms with E-state index in [-0.39, 0.29) is 5.91 Å². The van der Waals surface area contributed by atoms with Gasteiger partial charge >= 0.3 is 0 Å². The first-order valence-corrected chi connectivity index (χ1v) is 9.43. The molecule has 0 spiro atoms. The fourth-order valence-corrected chi connectivity index (χ4v) is 3.11. The number of rotatable bonds is 6. The monoisotopic (exact) mass is 369 g/mol. The van der Waals surface area contributed by atoms with E-state index in [2.05, 4.69) is 16.9 Å². The highest BCUT2D eigenvalue weighted by molar-refractivity contribution is 5.95. The first-order valence-electron chi connectivity index (χ1n) is 9.43. The van der Waals surface area contributed by atoms with Crippen LogP contribution in [0, 0.1) is 0 Å². The van der Waals surface area contributed by atoms with Crippen LogP contribution in [0.1, 0.15) is 29.3 Å². The molecule has 6 nitrogen and oxygen atoms in total. The summed E-state index contributed by atoms with van der Waals surface area (Å²) in [5.74, 6) is 1.28. The lowest BCUT2D eigenvalue weighted by Crippen LogP contribution is -2.34. The second-order valence-electron chi connectivity index (χ2n) is 6.69. The lowest BCUT2D eigenvalue weighted by molar-refractivity contribution is 0.0762. The van der Waals surface area contributed by atoms with Crippen molar-refractivity contribution >= 4 is 5.91 Å². The maximum atomic E-state index is 12.9. The van der Waals surface area contributed by atoms with Crippen LogP contribution in [0.4, 0.5) is 0 Å². The second-order valence-corrected chi connectivity index (χ2v) is 6.69. The van der Waals surface area contributed by atoms with Gasteiger partial charge in [-0.1, -0.05) is 6.07 Å². The smallest absolute Gasteiger partial charge is 0.254 e. The minimum Gasteiger partial charge on any atom is -0.490 e. The molecule has 0 bridgehead atoms. The fourth-order valence-electron chi connectivity index (χ4n) is 3.11. The highest BCUT2D eigenvalue weighted by atomic mass is 16.5. The van der Waals surface area contributed by atoms with Crippen LogP contribution in [0.5, 0.6) is 11.5 Å². The Kier molecular flexibility index (Phi) is 6.65. The van der Waals surface area contributed by atoms with Crippen molar-refractivity contribution in [3.63, 3.8) is 0 Å². The number of carbonyl (C=O) groups is 1. The van der Waals surface area contributed by atoms with Gasteiger partial charge in [0.2, 0.25) is 0 Å². The molecule has 6 heteroatoms. The fraction of sp³-hybridized carbons (Fsp3) is 0.429. The van der Waals surface area contributed by atoms with Gasteiger partial charge in [-0.15, -0.1) is 0 Å². The summed E-state index contributed by atoms with van der Waals surface area (Å²) in [4.78, 5) is 21.2. The Bertz CT molecular complexity index is 752. The molecular weight excluding hydrogens is 342 g/mol. The Hall–Kier alpha value is -2.60. The molecule has 3 rings (SSSR count). The molecule has 0 atom stereocenters. The Balaban J connectivity index is 1.73. The van der Waals surface area contributed by atoms with Gasteiger partial charge in [0.15, 0.2) is 11.5 Å². The van der Waals surface area contributed by atoms with Crippen LogP contribution in [-0.2, 0) is 6.61 Å². The van der Waals surface area contributed by atoms with E-state index in [1.807, 2.05) is 36.1 Å². The second kappa shape index (κ2) is 9.37. The van der Waals surface area contributed by atoms with Crippen LogP contribution in [0.3, 0.4) is 0 Å². The molecule has 27 heavy (non-hydrogen) atoms. The molecule has 1 fully saturated rings. The molecular formula is C21H27N3O3. The van der Waals surface area contributed by atoms with Crippen LogP contribution in [-0.4, -0.2) is 60.5 Å². The van der Waals surface area contributed by atoms with Crippen LogP contribution in [0.2, 0.25) is 0 Å². The Morgan fingerprint density at radius 2 is 2.00 bits per heavy atom. The molecule has 144 valence electrons. The van der Waals surface area contributed by atoms with Gasteiger partial charge in [-0.05, 0) is 51.2 Å². The summed E-state index contributed by atoms with van der Waals surface area (Å²) >= 11 is 0. The van der Waals surface area contributed by atoms with Gasteiger partial charge in [-0.2, -0.15) is 0 Å². The molecule has 0 unspecified atom stereocenters. The minimum absolute atomic E-state index is 0.0464. The summed E-state index contributed by atoms with van der Waals surface area (Å²) in [5, 5.41) is 0. The molecule has 1 saturated heterocycles. The number of hydrogen-bond acceptors (Lipinski definition) is 5. The maximum Gasteiger partial charge on any atom is 0.254 e. The molecule has 2 aromatic rings. The quantitative estimate of drug-likeness (QED) is 0.784. The van der Waals surface area contributed by atoms with E-state index in [1.165, 1.54) is 0 Å². The van der Waals surface area contributed by atoms with Crippen molar-refractivity contribution in [2.45, 2.75) is 20.0 Å². The largest absolute Gasteiger partial charge is 0.490 e. The van der Waals surface area contributed by atoms with Gasteiger partial charge in [0.05, 0.1) is 6.61 Å². The van der Waals surface area contributed by atoms with Gasteiger partial charge in [-0.3, -0.25) is 9.78 Å². The predicted molar refractivity (Wildman–Crippen MR) is 104 cm³/mol. The Morgan fingerprint density at radius 1 is 1.11 bits per heavy atom. The number of hydrogen-bond donors (Lipinski definition) is 0. The third-order valence-corrected chi connectivity index (χ3v) is 4.61. The minimum atomic E-state index is 0.0464. The summed E-state index contributed by atoms with van der Waals surface area (Å²) in [6, 6.07) is 9.26. The van der Waals surface area contributed by atoms with E-state index in [0.717, 1.165) is 38.2 Å². The maximum absolute atomic E-state index is 12.9. The summed E-state index contributed by atoms with van der Waals surface area (Å²) in [5.41, 5.74) is 1.62. The average molecular weight is 369 g/mol. The van der Waals surface area contributed by atoms with E-state index in [9.17, 15) is 4.79 Å². The molecule has 0 aliphatic carbocycles. The van der Waals surface area contributed by atoms with Crippen molar-refractivity contribution in [1.82, 2.24) is 14.8 Å². The first-order chi connectivity index (χ1) is 13.2. The van der Waals surface area contributed by atoms with Crippen molar-refractivity contribution in [2.24, 2.45) is 0 Å². The lowest BCUT2D eigenvalue weighted by Gasteiger charge is -2.21. The Labute approximate surface area is 160 Å². The molecule has 1 aromatic heterocycles. The summed E-state index contributed by atoms with van der Waals surface area (Å²) in [6.45, 7) is 6.29. The van der Waals surface area contributed by atoms with Crippen LogP contribution in [0.15, 0.2) is 42.7 Å². The van der Waals surface area contributed by atoms with E-state index in [1.54, 1.807) is 18.5 Å². The number of pyridine rings is 1. The molecule has 1 amide bonds. The zero-order valence-electron chi connectivity index (χ0n) is 16.1. The van der Waals surface area contributed by atoms with E-state index < -0.39 is 0 Å². The van der Waals surface area contributed by atoms with Crippen molar-refractivity contribution in [3.8, 4) is 11.5 Å². The van der Waals surface area contributed by atoms with Crippen LogP contribution < -0.4 is 9.47 Å². The van der Waals surface area contributed by atoms with Crippen LogP contribution >= 0.6 is 0 Å². The van der Waals surface area contributed by atoms with E-state index in [0.29, 0.717) is 30.3 Å². The van der Waals surface area contributed by atoms with Crippen molar-refractivity contribution < 1.29 is 14.3 Å². The zero-order valence-corrected chi connectivity index (χ0v) is 16.1. The van der Waals surface area contributed by atoms with Gasteiger partial charge in [-0.25, -0.2) is 0 Å². The molecule has 1 aromatic carbocycles. The number of likely N-dealkylation sites (N-methyl/N-ethyl adjacent to an activating group) is 1. The van der Waals surface area contributed by atoms with Gasteiger partial charge in [0, 0.05) is 43.2 Å². The molecule has 1 aliphatic heterocycles. The predicted octanol–water partition coefficient (Wildman–Crippen LogP) is 2.84. The van der Waals surface area contributed by atoms with Crippen molar-refractivity contribution in [1.29, 1.82) is 0 Å². The summed E-state index contributed by atoms with van der Waals surface area (Å²) in [7, 11) is 2.09. The Morgan fingerprint density at radius 3 is 2.78 bits per heavy atom. The van der Waals surface area contributed by atoms with Gasteiger partial charge < -0.3 is 19.3 Å². The number of benzene rings is 1. The number of nitrogens with zero attached hydrogens (tertiary/aromatic N) is 3. The lowest BCUT2D eigenvalue weighted by atomic mass is 10.1. The standard InChI is InChI=1S/C21H27N3O3/c1-3-26-20-14-18(21(25)24-11-5-10-23(2)12-13-24)7-8-19(20)27-16-17-6-4-9-22-15-17/h4,6-9,14-15H,3,5,10-13,16H2,1-2H3. The number of carbonyl (C=O) groups excluding carboxylic acids is 1. The normalized spacial score (nSPS) is 15.3. The van der Waals surface area contributed by atoms with Gasteiger partial charge in [0.1, 0.15) is 6.61 Å². The number of amides is 1. The summed E-state index contributed by atoms with van der Waals surface area (Å²) < 4.78 is 11.6. The third-order valence-electron chi connectivity index (χ3n) is 4.61. The van der Waals surface area contributed by atoms with E-state index >= 15 is 0 Å². The van der Waals surface area contributed by atoms with Crippen molar-refractivity contribution in [3.05, 3.63) is 53.9 Å². The highest BCUT2D eigenvalue weighted by Gasteiger charge is 2.20. The van der Waals surface area contributed by atoms with Crippen molar-refractivity contribution in [2.75, 3.05) is 39.8 Å². The summed E-state index contributed by atoms with van der Waals surface area (Å²) in [6.07, 6.45) is 4.50. The zero-order chi connectivity index (χ0) is 19.1. The average Bonchev–Trinajstić information content (AvgIpc) is 2.92. The topological polar surface area (TPSA) is 54.9 Å². The first kappa shape index (κ1) is 19.2. The highest BCUT2D eigenvalue weighted by Crippen LogP contribution is 2.30. The number of aromatic nitrogens is 1. The molecule has 1 aliphatic rings. The SMILES string of the molecule is CCOc1cc(C(=O)N2CCCN(C)CC2)ccc1OCc1cccnc1.